The van der Waals surface area contributed by atoms with E-state index in [4.69, 9.17) is 10.8 Å². The SMILES string of the molecule is Nc1csc(-c2ccncc2)n1.OCc1ccc(F)cc1. The molecule has 2 aromatic heterocycles. The molecule has 6 heteroatoms. The summed E-state index contributed by atoms with van der Waals surface area (Å²) in [4.78, 5) is 8.07. The fourth-order valence-corrected chi connectivity index (χ4v) is 2.22. The molecule has 0 saturated carbocycles. The maximum absolute atomic E-state index is 12.1. The average Bonchev–Trinajstić information content (AvgIpc) is 2.96. The molecule has 0 unspecified atom stereocenters. The molecular formula is C15H14FN3OS. The summed E-state index contributed by atoms with van der Waals surface area (Å²) < 4.78 is 12.1. The Labute approximate surface area is 125 Å². The number of aromatic nitrogens is 2. The third-order valence-electron chi connectivity index (χ3n) is 2.55. The van der Waals surface area contributed by atoms with Crippen LogP contribution in [0.3, 0.4) is 0 Å². The van der Waals surface area contributed by atoms with Crippen molar-refractivity contribution >= 4 is 17.2 Å². The Morgan fingerprint density at radius 1 is 1.10 bits per heavy atom. The van der Waals surface area contributed by atoms with E-state index >= 15 is 0 Å². The number of hydrogen-bond donors (Lipinski definition) is 2. The second-order valence-corrected chi connectivity index (χ2v) is 4.96. The third-order valence-corrected chi connectivity index (χ3v) is 3.45. The molecule has 1 aromatic carbocycles. The van der Waals surface area contributed by atoms with E-state index in [0.29, 0.717) is 5.82 Å². The second kappa shape index (κ2) is 7.47. The van der Waals surface area contributed by atoms with Gasteiger partial charge in [0.05, 0.1) is 6.61 Å². The lowest BCUT2D eigenvalue weighted by Gasteiger charge is -1.91. The zero-order valence-electron chi connectivity index (χ0n) is 11.1. The van der Waals surface area contributed by atoms with Crippen molar-refractivity contribution in [3.8, 4) is 10.6 Å². The first-order valence-electron chi connectivity index (χ1n) is 6.15. The van der Waals surface area contributed by atoms with E-state index in [1.807, 2.05) is 17.5 Å². The number of halogens is 1. The molecule has 0 amide bonds. The van der Waals surface area contributed by atoms with Gasteiger partial charge in [0.25, 0.3) is 0 Å². The van der Waals surface area contributed by atoms with Gasteiger partial charge in [-0.1, -0.05) is 12.1 Å². The smallest absolute Gasteiger partial charge is 0.135 e. The van der Waals surface area contributed by atoms with Gasteiger partial charge in [-0.2, -0.15) is 0 Å². The van der Waals surface area contributed by atoms with Crippen LogP contribution in [0.15, 0.2) is 54.2 Å². The largest absolute Gasteiger partial charge is 0.392 e. The molecule has 3 N–H and O–H groups in total. The summed E-state index contributed by atoms with van der Waals surface area (Å²) in [7, 11) is 0. The maximum Gasteiger partial charge on any atom is 0.135 e. The molecule has 0 radical (unpaired) electrons. The predicted molar refractivity (Wildman–Crippen MR) is 82.1 cm³/mol. The molecule has 3 aromatic rings. The van der Waals surface area contributed by atoms with Crippen molar-refractivity contribution < 1.29 is 9.50 Å². The number of nitrogen functional groups attached to an aromatic ring is 1. The first kappa shape index (κ1) is 15.1. The molecule has 0 aliphatic heterocycles. The number of nitrogens with two attached hydrogens (primary N) is 1. The van der Waals surface area contributed by atoms with Gasteiger partial charge in [0.1, 0.15) is 16.6 Å². The van der Waals surface area contributed by atoms with E-state index in [9.17, 15) is 4.39 Å². The molecule has 2 heterocycles. The highest BCUT2D eigenvalue weighted by molar-refractivity contribution is 7.13. The molecule has 0 bridgehead atoms. The Hall–Kier alpha value is -2.31. The summed E-state index contributed by atoms with van der Waals surface area (Å²) in [6.07, 6.45) is 3.49. The summed E-state index contributed by atoms with van der Waals surface area (Å²) in [6, 6.07) is 9.58. The van der Waals surface area contributed by atoms with Crippen LogP contribution in [0, 0.1) is 5.82 Å². The summed E-state index contributed by atoms with van der Waals surface area (Å²) in [5.74, 6) is 0.305. The molecule has 108 valence electrons. The van der Waals surface area contributed by atoms with Gasteiger partial charge in [-0.25, -0.2) is 9.37 Å². The van der Waals surface area contributed by atoms with Gasteiger partial charge in [-0.3, -0.25) is 4.98 Å². The first-order valence-corrected chi connectivity index (χ1v) is 7.03. The summed E-state index contributed by atoms with van der Waals surface area (Å²) in [6.45, 7) is -0.0275. The number of benzene rings is 1. The number of anilines is 1. The van der Waals surface area contributed by atoms with Gasteiger partial charge in [0, 0.05) is 23.3 Å². The molecule has 0 spiro atoms. The van der Waals surface area contributed by atoms with E-state index < -0.39 is 0 Å². The molecule has 4 nitrogen and oxygen atoms in total. The lowest BCUT2D eigenvalue weighted by Crippen LogP contribution is -1.83. The minimum absolute atomic E-state index is 0.0275. The Morgan fingerprint density at radius 3 is 2.29 bits per heavy atom. The summed E-state index contributed by atoms with van der Waals surface area (Å²) >= 11 is 1.54. The third kappa shape index (κ3) is 4.62. The predicted octanol–water partition coefficient (Wildman–Crippen LogP) is 3.11. The number of thiazole rings is 1. The summed E-state index contributed by atoms with van der Waals surface area (Å²) in [5, 5.41) is 11.3. The van der Waals surface area contributed by atoms with Crippen LogP contribution in [0.2, 0.25) is 0 Å². The molecule has 3 rings (SSSR count). The van der Waals surface area contributed by atoms with E-state index in [1.54, 1.807) is 24.5 Å². The minimum Gasteiger partial charge on any atom is -0.392 e. The molecule has 21 heavy (non-hydrogen) atoms. The highest BCUT2D eigenvalue weighted by Gasteiger charge is 2.00. The zero-order chi connectivity index (χ0) is 15.1. The maximum atomic E-state index is 12.1. The average molecular weight is 303 g/mol. The van der Waals surface area contributed by atoms with Crippen LogP contribution in [0.25, 0.3) is 10.6 Å². The van der Waals surface area contributed by atoms with Gasteiger partial charge < -0.3 is 10.8 Å². The lowest BCUT2D eigenvalue weighted by molar-refractivity contribution is 0.281. The van der Waals surface area contributed by atoms with E-state index in [1.165, 1.54) is 23.5 Å². The highest BCUT2D eigenvalue weighted by atomic mass is 32.1. The van der Waals surface area contributed by atoms with Crippen molar-refractivity contribution in [3.63, 3.8) is 0 Å². The Bertz CT molecular complexity index is 671. The Kier molecular flexibility index (Phi) is 5.36. The van der Waals surface area contributed by atoms with Crippen LogP contribution >= 0.6 is 11.3 Å². The van der Waals surface area contributed by atoms with E-state index in [-0.39, 0.29) is 12.4 Å². The first-order chi connectivity index (χ1) is 10.2. The second-order valence-electron chi connectivity index (χ2n) is 4.10. The highest BCUT2D eigenvalue weighted by Crippen LogP contribution is 2.23. The number of rotatable bonds is 2. The quantitative estimate of drug-likeness (QED) is 0.763. The van der Waals surface area contributed by atoms with Crippen LogP contribution in [-0.2, 0) is 6.61 Å². The Balaban J connectivity index is 0.000000161. The molecule has 0 aliphatic rings. The monoisotopic (exact) mass is 303 g/mol. The van der Waals surface area contributed by atoms with Crippen molar-refractivity contribution in [1.29, 1.82) is 0 Å². The van der Waals surface area contributed by atoms with Gasteiger partial charge in [-0.05, 0) is 29.8 Å². The lowest BCUT2D eigenvalue weighted by atomic mass is 10.2. The van der Waals surface area contributed by atoms with Crippen molar-refractivity contribution in [1.82, 2.24) is 9.97 Å². The fraction of sp³-hybridized carbons (Fsp3) is 0.0667. The van der Waals surface area contributed by atoms with Gasteiger partial charge in [0.15, 0.2) is 0 Å². The summed E-state index contributed by atoms with van der Waals surface area (Å²) in [5.41, 5.74) is 7.29. The number of nitrogens with zero attached hydrogens (tertiary/aromatic N) is 2. The van der Waals surface area contributed by atoms with Crippen LogP contribution in [-0.4, -0.2) is 15.1 Å². The normalized spacial score (nSPS) is 9.81. The van der Waals surface area contributed by atoms with Crippen LogP contribution in [0.1, 0.15) is 5.56 Å². The fourth-order valence-electron chi connectivity index (χ4n) is 1.50. The molecule has 0 saturated heterocycles. The van der Waals surface area contributed by atoms with Crippen molar-refractivity contribution in [2.24, 2.45) is 0 Å². The number of aliphatic hydroxyl groups is 1. The van der Waals surface area contributed by atoms with E-state index in [2.05, 4.69) is 9.97 Å². The van der Waals surface area contributed by atoms with Gasteiger partial charge in [0.2, 0.25) is 0 Å². The van der Waals surface area contributed by atoms with Crippen molar-refractivity contribution in [3.05, 3.63) is 65.6 Å². The standard InChI is InChI=1S/C8H7N3S.C7H7FO/c9-7-5-12-8(11-7)6-1-3-10-4-2-6;8-7-3-1-6(5-9)2-4-7/h1-5H,9H2;1-4,9H,5H2. The van der Waals surface area contributed by atoms with Crippen molar-refractivity contribution in [2.75, 3.05) is 5.73 Å². The van der Waals surface area contributed by atoms with Gasteiger partial charge in [-0.15, -0.1) is 11.3 Å². The molecular weight excluding hydrogens is 289 g/mol. The van der Waals surface area contributed by atoms with Crippen LogP contribution in [0.4, 0.5) is 10.2 Å². The topological polar surface area (TPSA) is 72.0 Å². The Morgan fingerprint density at radius 2 is 1.76 bits per heavy atom. The van der Waals surface area contributed by atoms with E-state index in [0.717, 1.165) is 16.1 Å². The number of pyridine rings is 1. The minimum atomic E-state index is -0.271. The van der Waals surface area contributed by atoms with Crippen LogP contribution < -0.4 is 5.73 Å². The van der Waals surface area contributed by atoms with Crippen molar-refractivity contribution in [2.45, 2.75) is 6.61 Å². The molecule has 0 aliphatic carbocycles. The number of hydrogen-bond acceptors (Lipinski definition) is 5. The van der Waals surface area contributed by atoms with Crippen LogP contribution in [0.5, 0.6) is 0 Å². The van der Waals surface area contributed by atoms with Gasteiger partial charge >= 0.3 is 0 Å². The molecule has 0 fully saturated rings. The zero-order valence-corrected chi connectivity index (χ0v) is 11.9. The molecule has 0 atom stereocenters. The number of aliphatic hydroxyl groups excluding tert-OH is 1.